The smallest absolute Gasteiger partial charge is 0.277 e. The van der Waals surface area contributed by atoms with Crippen LogP contribution in [-0.2, 0) is 18.7 Å². The standard InChI is InChI=1S/C8H11N5O2S/c1-2-5-10-7(15-13-5)4-16-8-12-11-6(3-9)14-8/h2-4,9H2,1H3. The largest absolute Gasteiger partial charge is 0.415 e. The molecule has 0 radical (unpaired) electrons. The molecule has 2 aromatic heterocycles. The number of aromatic nitrogens is 4. The summed E-state index contributed by atoms with van der Waals surface area (Å²) in [5, 5.41) is 11.8. The molecule has 2 aromatic rings. The molecule has 0 saturated carbocycles. The van der Waals surface area contributed by atoms with Crippen molar-refractivity contribution in [3.8, 4) is 0 Å². The quantitative estimate of drug-likeness (QED) is 0.765. The third-order valence-electron chi connectivity index (χ3n) is 1.77. The molecule has 0 saturated heterocycles. The van der Waals surface area contributed by atoms with Crippen LogP contribution in [0.15, 0.2) is 14.2 Å². The Kier molecular flexibility index (Phi) is 3.52. The summed E-state index contributed by atoms with van der Waals surface area (Å²) in [5.41, 5.74) is 5.35. The first-order chi connectivity index (χ1) is 7.81. The van der Waals surface area contributed by atoms with Gasteiger partial charge in [-0.1, -0.05) is 23.8 Å². The lowest BCUT2D eigenvalue weighted by Crippen LogP contribution is -1.95. The Labute approximate surface area is 95.8 Å². The Balaban J connectivity index is 1.91. The zero-order valence-electron chi connectivity index (χ0n) is 8.71. The summed E-state index contributed by atoms with van der Waals surface area (Å²) in [6.45, 7) is 2.21. The van der Waals surface area contributed by atoms with Gasteiger partial charge in [0.2, 0.25) is 11.8 Å². The van der Waals surface area contributed by atoms with E-state index in [2.05, 4.69) is 20.3 Å². The van der Waals surface area contributed by atoms with E-state index in [9.17, 15) is 0 Å². The van der Waals surface area contributed by atoms with Crippen LogP contribution in [0.3, 0.4) is 0 Å². The summed E-state index contributed by atoms with van der Waals surface area (Å²) in [7, 11) is 0. The number of nitrogens with two attached hydrogens (primary N) is 1. The van der Waals surface area contributed by atoms with E-state index in [4.69, 9.17) is 14.7 Å². The highest BCUT2D eigenvalue weighted by Crippen LogP contribution is 2.20. The van der Waals surface area contributed by atoms with Crippen molar-refractivity contribution in [3.05, 3.63) is 17.6 Å². The fourth-order valence-electron chi connectivity index (χ4n) is 0.995. The minimum absolute atomic E-state index is 0.244. The number of nitrogens with zero attached hydrogens (tertiary/aromatic N) is 4. The van der Waals surface area contributed by atoms with Gasteiger partial charge in [-0.3, -0.25) is 0 Å². The molecule has 0 unspecified atom stereocenters. The number of hydrogen-bond acceptors (Lipinski definition) is 8. The second-order valence-corrected chi connectivity index (χ2v) is 3.84. The number of rotatable bonds is 5. The van der Waals surface area contributed by atoms with Crippen molar-refractivity contribution in [1.29, 1.82) is 0 Å². The molecule has 0 amide bonds. The van der Waals surface area contributed by atoms with Crippen LogP contribution in [0.5, 0.6) is 0 Å². The summed E-state index contributed by atoms with van der Waals surface area (Å²) >= 11 is 1.34. The van der Waals surface area contributed by atoms with Crippen molar-refractivity contribution in [3.63, 3.8) is 0 Å². The van der Waals surface area contributed by atoms with Crippen LogP contribution in [0.1, 0.15) is 24.5 Å². The van der Waals surface area contributed by atoms with Gasteiger partial charge in [0.25, 0.3) is 5.22 Å². The van der Waals surface area contributed by atoms with E-state index in [0.29, 0.717) is 28.6 Å². The zero-order chi connectivity index (χ0) is 11.4. The average molecular weight is 241 g/mol. The first-order valence-corrected chi connectivity index (χ1v) is 5.77. The van der Waals surface area contributed by atoms with Crippen LogP contribution in [0.4, 0.5) is 0 Å². The van der Waals surface area contributed by atoms with Crippen LogP contribution in [0.2, 0.25) is 0 Å². The molecule has 0 aromatic carbocycles. The van der Waals surface area contributed by atoms with Crippen molar-refractivity contribution < 1.29 is 8.94 Å². The molecule has 0 aliphatic rings. The predicted molar refractivity (Wildman–Crippen MR) is 55.4 cm³/mol. The fourth-order valence-corrected chi connectivity index (χ4v) is 1.61. The Morgan fingerprint density at radius 3 is 2.81 bits per heavy atom. The maximum absolute atomic E-state index is 5.35. The number of hydrogen-bond donors (Lipinski definition) is 1. The van der Waals surface area contributed by atoms with Gasteiger partial charge in [-0.25, -0.2) is 0 Å². The van der Waals surface area contributed by atoms with Crippen LogP contribution < -0.4 is 5.73 Å². The third-order valence-corrected chi connectivity index (χ3v) is 2.57. The average Bonchev–Trinajstić information content (AvgIpc) is 2.95. The van der Waals surface area contributed by atoms with E-state index in [1.165, 1.54) is 11.8 Å². The van der Waals surface area contributed by atoms with Crippen molar-refractivity contribution in [2.24, 2.45) is 5.73 Å². The maximum Gasteiger partial charge on any atom is 0.277 e. The topological polar surface area (TPSA) is 104 Å². The van der Waals surface area contributed by atoms with Crippen LogP contribution in [-0.4, -0.2) is 20.3 Å². The lowest BCUT2D eigenvalue weighted by atomic mass is 10.5. The van der Waals surface area contributed by atoms with Gasteiger partial charge in [-0.2, -0.15) is 4.98 Å². The Morgan fingerprint density at radius 2 is 2.19 bits per heavy atom. The van der Waals surface area contributed by atoms with E-state index >= 15 is 0 Å². The van der Waals surface area contributed by atoms with Crippen molar-refractivity contribution in [1.82, 2.24) is 20.3 Å². The minimum Gasteiger partial charge on any atom is -0.415 e. The second-order valence-electron chi connectivity index (χ2n) is 2.91. The third kappa shape index (κ3) is 2.58. The van der Waals surface area contributed by atoms with Crippen molar-refractivity contribution in [2.45, 2.75) is 30.9 Å². The normalized spacial score (nSPS) is 10.9. The SMILES string of the molecule is CCc1noc(CSc2nnc(CN)o2)n1. The number of thioether (sulfide) groups is 1. The van der Waals surface area contributed by atoms with Gasteiger partial charge < -0.3 is 14.7 Å². The molecule has 0 spiro atoms. The molecule has 0 atom stereocenters. The molecular weight excluding hydrogens is 230 g/mol. The first-order valence-electron chi connectivity index (χ1n) is 4.78. The van der Waals surface area contributed by atoms with E-state index in [1.807, 2.05) is 6.92 Å². The second kappa shape index (κ2) is 5.08. The molecule has 2 heterocycles. The van der Waals surface area contributed by atoms with E-state index < -0.39 is 0 Å². The molecule has 86 valence electrons. The molecule has 2 N–H and O–H groups in total. The minimum atomic E-state index is 0.244. The fraction of sp³-hybridized carbons (Fsp3) is 0.500. The Morgan fingerprint density at radius 1 is 1.31 bits per heavy atom. The Bertz CT molecular complexity index is 412. The summed E-state index contributed by atoms with van der Waals surface area (Å²) in [6.07, 6.45) is 0.756. The van der Waals surface area contributed by atoms with Crippen LogP contribution >= 0.6 is 11.8 Å². The lowest BCUT2D eigenvalue weighted by Gasteiger charge is -1.89. The molecule has 2 rings (SSSR count). The Hall–Kier alpha value is -1.41. The van der Waals surface area contributed by atoms with Crippen LogP contribution in [0.25, 0.3) is 0 Å². The molecule has 0 aliphatic carbocycles. The van der Waals surface area contributed by atoms with Gasteiger partial charge in [0, 0.05) is 6.42 Å². The van der Waals surface area contributed by atoms with E-state index in [-0.39, 0.29) is 6.54 Å². The van der Waals surface area contributed by atoms with E-state index in [1.54, 1.807) is 0 Å². The van der Waals surface area contributed by atoms with E-state index in [0.717, 1.165) is 6.42 Å². The molecule has 7 nitrogen and oxygen atoms in total. The summed E-state index contributed by atoms with van der Waals surface area (Å²) in [5.74, 6) is 2.18. The highest BCUT2D eigenvalue weighted by molar-refractivity contribution is 7.98. The predicted octanol–water partition coefficient (Wildman–Crippen LogP) is 0.766. The van der Waals surface area contributed by atoms with Gasteiger partial charge >= 0.3 is 0 Å². The molecule has 0 aliphatic heterocycles. The van der Waals surface area contributed by atoms with Gasteiger partial charge in [0.15, 0.2) is 5.82 Å². The molecule has 0 bridgehead atoms. The van der Waals surface area contributed by atoms with Crippen molar-refractivity contribution in [2.75, 3.05) is 0 Å². The lowest BCUT2D eigenvalue weighted by molar-refractivity contribution is 0.383. The molecule has 8 heteroatoms. The van der Waals surface area contributed by atoms with Gasteiger partial charge in [0.1, 0.15) is 0 Å². The maximum atomic E-state index is 5.35. The molecule has 0 fully saturated rings. The molecule has 16 heavy (non-hydrogen) atoms. The van der Waals surface area contributed by atoms with Gasteiger partial charge in [-0.05, 0) is 0 Å². The highest BCUT2D eigenvalue weighted by Gasteiger charge is 2.09. The highest BCUT2D eigenvalue weighted by atomic mass is 32.2. The number of aryl methyl sites for hydroxylation is 1. The van der Waals surface area contributed by atoms with Crippen molar-refractivity contribution >= 4 is 11.8 Å². The summed E-state index contributed by atoms with van der Waals surface area (Å²) < 4.78 is 10.2. The summed E-state index contributed by atoms with van der Waals surface area (Å²) in [6, 6.07) is 0. The monoisotopic (exact) mass is 241 g/mol. The van der Waals surface area contributed by atoms with Crippen LogP contribution in [0, 0.1) is 0 Å². The summed E-state index contributed by atoms with van der Waals surface area (Å²) in [4.78, 5) is 4.16. The molecular formula is C8H11N5O2S. The van der Waals surface area contributed by atoms with Gasteiger partial charge in [0.05, 0.1) is 12.3 Å². The van der Waals surface area contributed by atoms with Gasteiger partial charge in [-0.15, -0.1) is 10.2 Å². The first kappa shape index (κ1) is 11.1. The zero-order valence-corrected chi connectivity index (χ0v) is 9.53.